The van der Waals surface area contributed by atoms with Crippen LogP contribution in [-0.2, 0) is 0 Å². The molecule has 0 unspecified atom stereocenters. The van der Waals surface area contributed by atoms with Gasteiger partial charge in [-0.2, -0.15) is 0 Å². The summed E-state index contributed by atoms with van der Waals surface area (Å²) in [4.78, 5) is 0. The zero-order valence-electron chi connectivity index (χ0n) is 22.5. The number of benzene rings is 5. The highest BCUT2D eigenvalue weighted by molar-refractivity contribution is 5.82. The van der Waals surface area contributed by atoms with Gasteiger partial charge >= 0.3 is 0 Å². The van der Waals surface area contributed by atoms with Gasteiger partial charge in [0.05, 0.1) is 22.3 Å². The molecule has 0 saturated heterocycles. The van der Waals surface area contributed by atoms with E-state index in [-0.39, 0.29) is 0 Å². The van der Waals surface area contributed by atoms with Crippen LogP contribution < -0.4 is 28.4 Å². The Morgan fingerprint density at radius 3 is 1.44 bits per heavy atom. The van der Waals surface area contributed by atoms with Gasteiger partial charge in [-0.15, -0.1) is 10.2 Å². The molecule has 0 atom stereocenters. The highest BCUT2D eigenvalue weighted by Gasteiger charge is 2.41. The maximum absolute atomic E-state index is 6.44. The summed E-state index contributed by atoms with van der Waals surface area (Å²) in [5.74, 6) is 3.85. The van der Waals surface area contributed by atoms with E-state index in [1.807, 2.05) is 115 Å². The summed E-state index contributed by atoms with van der Waals surface area (Å²) in [7, 11) is 0. The van der Waals surface area contributed by atoms with E-state index >= 15 is 0 Å². The van der Waals surface area contributed by atoms with Crippen LogP contribution in [0.5, 0.6) is 34.5 Å². The van der Waals surface area contributed by atoms with Crippen molar-refractivity contribution in [3.05, 3.63) is 132 Å². The summed E-state index contributed by atoms with van der Waals surface area (Å²) in [6, 6.07) is 36.6. The van der Waals surface area contributed by atoms with Crippen molar-refractivity contribution in [1.29, 1.82) is 0 Å². The highest BCUT2D eigenvalue weighted by atomic mass is 16.7. The normalized spacial score (nSPS) is 15.3. The van der Waals surface area contributed by atoms with Gasteiger partial charge in [-0.3, -0.25) is 0 Å². The first-order chi connectivity index (χ1) is 21.3. The van der Waals surface area contributed by atoms with Gasteiger partial charge in [-0.1, -0.05) is 66.7 Å². The van der Waals surface area contributed by atoms with Crippen LogP contribution in [0.2, 0.25) is 0 Å². The van der Waals surface area contributed by atoms with Gasteiger partial charge < -0.3 is 28.4 Å². The molecule has 5 aromatic carbocycles. The molecule has 6 aromatic rings. The Balaban J connectivity index is 1.26. The zero-order chi connectivity index (χ0) is 28.3. The minimum absolute atomic E-state index is 0.633. The largest absolute Gasteiger partial charge is 0.447 e. The van der Waals surface area contributed by atoms with Crippen LogP contribution in [0.25, 0.3) is 22.2 Å². The number of aromatic nitrogens is 2. The average Bonchev–Trinajstić information content (AvgIpc) is 3.80. The standard InChI is InChI=1S/C35H22N2O6/c1-2-10-23-20(9-1)19-24(37-36-23)21-17-18-22(33-38-25-11-3-4-12-26(25)39-33)32(35-42-29-15-7-8-16-30(29)43-35)31(21)34-40-27-13-5-6-14-28(27)41-34/h1-19,33-35H. The van der Waals surface area contributed by atoms with Gasteiger partial charge in [0, 0.05) is 16.5 Å². The first kappa shape index (κ1) is 23.9. The van der Waals surface area contributed by atoms with E-state index in [9.17, 15) is 0 Å². The summed E-state index contributed by atoms with van der Waals surface area (Å²) in [6.45, 7) is 0. The number of rotatable bonds is 4. The molecular formula is C35H22N2O6. The molecule has 43 heavy (non-hydrogen) atoms. The monoisotopic (exact) mass is 566 g/mol. The van der Waals surface area contributed by atoms with Crippen molar-refractivity contribution >= 4 is 10.9 Å². The lowest BCUT2D eigenvalue weighted by atomic mass is 9.92. The van der Waals surface area contributed by atoms with Crippen molar-refractivity contribution in [1.82, 2.24) is 10.2 Å². The molecule has 0 radical (unpaired) electrons. The van der Waals surface area contributed by atoms with Crippen LogP contribution in [0, 0.1) is 0 Å². The fraction of sp³-hybridized carbons (Fsp3) is 0.0857. The molecule has 0 N–H and O–H groups in total. The van der Waals surface area contributed by atoms with E-state index in [1.165, 1.54) is 0 Å². The first-order valence-corrected chi connectivity index (χ1v) is 13.9. The Bertz CT molecular complexity index is 1970. The summed E-state index contributed by atoms with van der Waals surface area (Å²) >= 11 is 0. The molecule has 4 heterocycles. The molecule has 8 nitrogen and oxygen atoms in total. The van der Waals surface area contributed by atoms with Crippen molar-refractivity contribution in [3.63, 3.8) is 0 Å². The van der Waals surface area contributed by atoms with Crippen molar-refractivity contribution < 1.29 is 28.4 Å². The number of hydrogen-bond acceptors (Lipinski definition) is 8. The van der Waals surface area contributed by atoms with Crippen molar-refractivity contribution in [2.45, 2.75) is 18.9 Å². The SMILES string of the molecule is c1ccc2c(c1)OC(c1ccc(-c3cc4ccccc4nn3)c(C3Oc4ccccc4O3)c1C1Oc3ccccc3O1)O2. The molecule has 3 aliphatic rings. The number of fused-ring (bicyclic) bond motifs is 4. The molecule has 3 aliphatic heterocycles. The molecule has 0 saturated carbocycles. The molecule has 1 aromatic heterocycles. The molecule has 8 heteroatoms. The topological polar surface area (TPSA) is 81.2 Å². The summed E-state index contributed by atoms with van der Waals surface area (Å²) in [5.41, 5.74) is 4.27. The molecule has 0 amide bonds. The lowest BCUT2D eigenvalue weighted by Crippen LogP contribution is -2.23. The predicted octanol–water partition coefficient (Wildman–Crippen LogP) is 7.71. The lowest BCUT2D eigenvalue weighted by molar-refractivity contribution is 0.0143. The Morgan fingerprint density at radius 1 is 0.419 bits per heavy atom. The second kappa shape index (κ2) is 9.39. The van der Waals surface area contributed by atoms with Crippen LogP contribution in [0.3, 0.4) is 0 Å². The molecule has 0 aliphatic carbocycles. The van der Waals surface area contributed by atoms with Crippen molar-refractivity contribution in [2.75, 3.05) is 0 Å². The Labute approximate surface area is 246 Å². The third-order valence-corrected chi connectivity index (χ3v) is 7.77. The van der Waals surface area contributed by atoms with Gasteiger partial charge in [0.15, 0.2) is 34.5 Å². The molecule has 9 rings (SSSR count). The van der Waals surface area contributed by atoms with Crippen LogP contribution in [0.15, 0.2) is 115 Å². The fourth-order valence-corrected chi connectivity index (χ4v) is 5.78. The highest BCUT2D eigenvalue weighted by Crippen LogP contribution is 2.51. The van der Waals surface area contributed by atoms with E-state index < -0.39 is 18.9 Å². The van der Waals surface area contributed by atoms with Crippen LogP contribution in [0.4, 0.5) is 0 Å². The van der Waals surface area contributed by atoms with E-state index in [0.29, 0.717) is 56.9 Å². The van der Waals surface area contributed by atoms with Crippen LogP contribution in [0.1, 0.15) is 35.6 Å². The Morgan fingerprint density at radius 2 is 0.884 bits per heavy atom. The van der Waals surface area contributed by atoms with Crippen LogP contribution in [-0.4, -0.2) is 10.2 Å². The fourth-order valence-electron chi connectivity index (χ4n) is 5.78. The van der Waals surface area contributed by atoms with Gasteiger partial charge in [0.25, 0.3) is 18.9 Å². The van der Waals surface area contributed by atoms with E-state index in [2.05, 4.69) is 10.2 Å². The van der Waals surface area contributed by atoms with E-state index in [1.54, 1.807) is 0 Å². The molecule has 0 bridgehead atoms. The second-order valence-electron chi connectivity index (χ2n) is 10.4. The Hall–Kier alpha value is -5.76. The smallest absolute Gasteiger partial charge is 0.269 e. The number of hydrogen-bond donors (Lipinski definition) is 0. The number of ether oxygens (including phenoxy) is 6. The zero-order valence-corrected chi connectivity index (χ0v) is 22.5. The molecule has 0 spiro atoms. The quantitative estimate of drug-likeness (QED) is 0.215. The minimum atomic E-state index is -0.845. The second-order valence-corrected chi connectivity index (χ2v) is 10.4. The Kier molecular flexibility index (Phi) is 5.22. The third-order valence-electron chi connectivity index (χ3n) is 7.77. The first-order valence-electron chi connectivity index (χ1n) is 13.9. The van der Waals surface area contributed by atoms with Gasteiger partial charge in [-0.25, -0.2) is 0 Å². The van der Waals surface area contributed by atoms with Crippen LogP contribution >= 0.6 is 0 Å². The maximum atomic E-state index is 6.44. The minimum Gasteiger partial charge on any atom is -0.447 e. The predicted molar refractivity (Wildman–Crippen MR) is 156 cm³/mol. The molecule has 208 valence electrons. The molecular weight excluding hydrogens is 544 g/mol. The number of nitrogens with zero attached hydrogens (tertiary/aromatic N) is 2. The van der Waals surface area contributed by atoms with E-state index in [0.717, 1.165) is 16.5 Å². The van der Waals surface area contributed by atoms with Gasteiger partial charge in [-0.05, 0) is 48.5 Å². The maximum Gasteiger partial charge on any atom is 0.269 e. The third kappa shape index (κ3) is 3.91. The van der Waals surface area contributed by atoms with Gasteiger partial charge in [0.2, 0.25) is 0 Å². The average molecular weight is 567 g/mol. The van der Waals surface area contributed by atoms with E-state index in [4.69, 9.17) is 28.4 Å². The lowest BCUT2D eigenvalue weighted by Gasteiger charge is -2.26. The van der Waals surface area contributed by atoms with Gasteiger partial charge in [0.1, 0.15) is 0 Å². The summed E-state index contributed by atoms with van der Waals surface area (Å²) in [5, 5.41) is 10.1. The summed E-state index contributed by atoms with van der Waals surface area (Å²) in [6.07, 6.45) is -2.44. The van der Waals surface area contributed by atoms with Crippen molar-refractivity contribution in [3.8, 4) is 45.8 Å². The van der Waals surface area contributed by atoms with Crippen molar-refractivity contribution in [2.24, 2.45) is 0 Å². The number of para-hydroxylation sites is 6. The molecule has 0 fully saturated rings. The summed E-state index contributed by atoms with van der Waals surface area (Å²) < 4.78 is 38.3.